The van der Waals surface area contributed by atoms with Gasteiger partial charge in [0.25, 0.3) is 0 Å². The number of nitrogens with zero attached hydrogens (tertiary/aromatic N) is 1. The predicted octanol–water partition coefficient (Wildman–Crippen LogP) is 1.04. The number of hydrogen-bond donors (Lipinski definition) is 2. The summed E-state index contributed by atoms with van der Waals surface area (Å²) >= 11 is 1.05. The van der Waals surface area contributed by atoms with Crippen molar-refractivity contribution in [3.8, 4) is 0 Å². The maximum Gasteiger partial charge on any atom is 0.324 e. The van der Waals surface area contributed by atoms with Gasteiger partial charge in [0.15, 0.2) is 0 Å². The fourth-order valence-electron chi connectivity index (χ4n) is 0.921. The van der Waals surface area contributed by atoms with E-state index in [2.05, 4.69) is 0 Å². The van der Waals surface area contributed by atoms with Gasteiger partial charge in [-0.3, -0.25) is 10.1 Å². The van der Waals surface area contributed by atoms with Crippen molar-refractivity contribution in [1.29, 1.82) is 0 Å². The highest BCUT2D eigenvalue weighted by atomic mass is 32.1. The van der Waals surface area contributed by atoms with Crippen LogP contribution in [0.2, 0.25) is 0 Å². The Hall–Kier alpha value is -0.980. The standard InChI is InChI=1S/C7H10N2O3S/c8-5(3-4-10)6-1-2-7(13-6)9(11)12/h1-2,5,10H,3-4,8H2/t5-/m0/s1. The van der Waals surface area contributed by atoms with E-state index in [0.717, 1.165) is 16.2 Å². The molecule has 1 atom stereocenters. The summed E-state index contributed by atoms with van der Waals surface area (Å²) in [6.07, 6.45) is 0.428. The van der Waals surface area contributed by atoms with Crippen molar-refractivity contribution in [1.82, 2.24) is 0 Å². The van der Waals surface area contributed by atoms with Gasteiger partial charge in [-0.25, -0.2) is 0 Å². The van der Waals surface area contributed by atoms with Crippen LogP contribution >= 0.6 is 11.3 Å². The van der Waals surface area contributed by atoms with Gasteiger partial charge in [0.1, 0.15) is 0 Å². The van der Waals surface area contributed by atoms with Crippen molar-refractivity contribution in [2.45, 2.75) is 12.5 Å². The zero-order valence-electron chi connectivity index (χ0n) is 6.84. The van der Waals surface area contributed by atoms with Gasteiger partial charge in [-0.15, -0.1) is 0 Å². The monoisotopic (exact) mass is 202 g/mol. The number of aliphatic hydroxyl groups excluding tert-OH is 1. The lowest BCUT2D eigenvalue weighted by atomic mass is 10.2. The van der Waals surface area contributed by atoms with E-state index in [1.165, 1.54) is 6.07 Å². The lowest BCUT2D eigenvalue weighted by Crippen LogP contribution is -2.09. The summed E-state index contributed by atoms with van der Waals surface area (Å²) in [6.45, 7) is -0.00708. The maximum absolute atomic E-state index is 10.3. The van der Waals surface area contributed by atoms with E-state index in [0.29, 0.717) is 6.42 Å². The van der Waals surface area contributed by atoms with Crippen LogP contribution in [0.5, 0.6) is 0 Å². The molecule has 1 aromatic heterocycles. The zero-order valence-corrected chi connectivity index (χ0v) is 7.66. The molecule has 5 nitrogen and oxygen atoms in total. The summed E-state index contributed by atoms with van der Waals surface area (Å²) in [5.74, 6) is 0. The van der Waals surface area contributed by atoms with Crippen LogP contribution in [0, 0.1) is 10.1 Å². The van der Waals surface area contributed by atoms with Gasteiger partial charge in [-0.2, -0.15) is 0 Å². The van der Waals surface area contributed by atoms with Crippen LogP contribution in [0.4, 0.5) is 5.00 Å². The Balaban J connectivity index is 2.73. The van der Waals surface area contributed by atoms with Crippen LogP contribution in [-0.2, 0) is 0 Å². The molecule has 0 saturated heterocycles. The average Bonchev–Trinajstić information content (AvgIpc) is 2.52. The lowest BCUT2D eigenvalue weighted by molar-refractivity contribution is -0.380. The Morgan fingerprint density at radius 2 is 2.38 bits per heavy atom. The van der Waals surface area contributed by atoms with E-state index in [-0.39, 0.29) is 17.6 Å². The summed E-state index contributed by atoms with van der Waals surface area (Å²) in [5.41, 5.74) is 5.65. The molecule has 0 fully saturated rings. The third-order valence-electron chi connectivity index (χ3n) is 1.60. The number of rotatable bonds is 4. The minimum Gasteiger partial charge on any atom is -0.396 e. The van der Waals surface area contributed by atoms with Crippen LogP contribution in [-0.4, -0.2) is 16.6 Å². The van der Waals surface area contributed by atoms with Crippen LogP contribution in [0.1, 0.15) is 17.3 Å². The molecule has 0 aromatic carbocycles. The molecule has 0 unspecified atom stereocenters. The van der Waals surface area contributed by atoms with E-state index in [1.807, 2.05) is 0 Å². The first-order valence-electron chi connectivity index (χ1n) is 3.75. The predicted molar refractivity (Wildman–Crippen MR) is 49.6 cm³/mol. The van der Waals surface area contributed by atoms with Crippen LogP contribution in [0.25, 0.3) is 0 Å². The smallest absolute Gasteiger partial charge is 0.324 e. The highest BCUT2D eigenvalue weighted by Crippen LogP contribution is 2.28. The van der Waals surface area contributed by atoms with E-state index in [4.69, 9.17) is 10.8 Å². The second-order valence-corrected chi connectivity index (χ2v) is 3.65. The molecule has 1 aromatic rings. The normalized spacial score (nSPS) is 12.8. The van der Waals surface area contributed by atoms with Gasteiger partial charge in [0.2, 0.25) is 0 Å². The summed E-state index contributed by atoms with van der Waals surface area (Å²) in [5, 5.41) is 19.0. The minimum atomic E-state index is -0.445. The number of nitro groups is 1. The molecule has 0 amide bonds. The molecule has 1 rings (SSSR count). The Bertz CT molecular complexity index is 300. The van der Waals surface area contributed by atoms with Gasteiger partial charge in [0, 0.05) is 23.6 Å². The highest BCUT2D eigenvalue weighted by molar-refractivity contribution is 7.15. The van der Waals surface area contributed by atoms with Crippen LogP contribution in [0.15, 0.2) is 12.1 Å². The lowest BCUT2D eigenvalue weighted by Gasteiger charge is -2.04. The molecule has 1 heterocycles. The molecule has 0 bridgehead atoms. The number of hydrogen-bond acceptors (Lipinski definition) is 5. The van der Waals surface area contributed by atoms with Crippen molar-refractivity contribution < 1.29 is 10.0 Å². The second kappa shape index (κ2) is 4.31. The van der Waals surface area contributed by atoms with E-state index >= 15 is 0 Å². The van der Waals surface area contributed by atoms with Crippen LogP contribution in [0.3, 0.4) is 0 Å². The number of thiophene rings is 1. The van der Waals surface area contributed by atoms with Gasteiger partial charge in [-0.05, 0) is 12.5 Å². The molecule has 0 radical (unpaired) electrons. The van der Waals surface area contributed by atoms with Gasteiger partial charge in [0.05, 0.1) is 4.92 Å². The molecule has 0 spiro atoms. The molecule has 0 aliphatic heterocycles. The molecular weight excluding hydrogens is 192 g/mol. The van der Waals surface area contributed by atoms with Gasteiger partial charge < -0.3 is 10.8 Å². The topological polar surface area (TPSA) is 89.4 Å². The number of aliphatic hydroxyl groups is 1. The summed E-state index contributed by atoms with van der Waals surface area (Å²) in [7, 11) is 0. The fraction of sp³-hybridized carbons (Fsp3) is 0.429. The van der Waals surface area contributed by atoms with Crippen molar-refractivity contribution in [3.05, 3.63) is 27.1 Å². The second-order valence-electron chi connectivity index (χ2n) is 2.55. The molecule has 6 heteroatoms. The maximum atomic E-state index is 10.3. The molecule has 13 heavy (non-hydrogen) atoms. The quantitative estimate of drug-likeness (QED) is 0.563. The molecule has 0 aliphatic rings. The van der Waals surface area contributed by atoms with E-state index < -0.39 is 4.92 Å². The average molecular weight is 202 g/mol. The van der Waals surface area contributed by atoms with Crippen molar-refractivity contribution in [2.75, 3.05) is 6.61 Å². The van der Waals surface area contributed by atoms with E-state index in [9.17, 15) is 10.1 Å². The van der Waals surface area contributed by atoms with E-state index in [1.54, 1.807) is 6.07 Å². The Labute approximate surface area is 79.0 Å². The molecule has 0 aliphatic carbocycles. The van der Waals surface area contributed by atoms with Crippen molar-refractivity contribution >= 4 is 16.3 Å². The van der Waals surface area contributed by atoms with Gasteiger partial charge in [-0.1, -0.05) is 11.3 Å². The third-order valence-corrected chi connectivity index (χ3v) is 2.77. The third kappa shape index (κ3) is 2.48. The largest absolute Gasteiger partial charge is 0.396 e. The summed E-state index contributed by atoms with van der Waals surface area (Å²) < 4.78 is 0. The first kappa shape index (κ1) is 10.1. The van der Waals surface area contributed by atoms with Crippen molar-refractivity contribution in [2.24, 2.45) is 5.73 Å². The molecule has 72 valence electrons. The molecule has 3 N–H and O–H groups in total. The summed E-state index contributed by atoms with van der Waals surface area (Å²) in [6, 6.07) is 2.75. The van der Waals surface area contributed by atoms with Crippen LogP contribution < -0.4 is 5.73 Å². The first-order valence-corrected chi connectivity index (χ1v) is 4.57. The number of nitrogens with two attached hydrogens (primary N) is 1. The highest BCUT2D eigenvalue weighted by Gasteiger charge is 2.13. The zero-order chi connectivity index (χ0) is 9.84. The SMILES string of the molecule is N[C@@H](CCO)c1ccc([N+](=O)[O-])s1. The summed E-state index contributed by atoms with van der Waals surface area (Å²) in [4.78, 5) is 10.6. The molecular formula is C7H10N2O3S. The first-order chi connectivity index (χ1) is 6.15. The Morgan fingerprint density at radius 3 is 2.85 bits per heavy atom. The fourth-order valence-corrected chi connectivity index (χ4v) is 1.78. The van der Waals surface area contributed by atoms with Crippen molar-refractivity contribution in [3.63, 3.8) is 0 Å². The Kier molecular flexibility index (Phi) is 3.35. The minimum absolute atomic E-state index is 0.00708. The van der Waals surface area contributed by atoms with Gasteiger partial charge >= 0.3 is 5.00 Å². The molecule has 0 saturated carbocycles. The Morgan fingerprint density at radius 1 is 1.69 bits per heavy atom.